The van der Waals surface area contributed by atoms with E-state index in [4.69, 9.17) is 10.5 Å². The van der Waals surface area contributed by atoms with E-state index in [2.05, 4.69) is 16.8 Å². The minimum atomic E-state index is 0.678. The predicted molar refractivity (Wildman–Crippen MR) is 70.0 cm³/mol. The van der Waals surface area contributed by atoms with Gasteiger partial charge in [-0.2, -0.15) is 0 Å². The lowest BCUT2D eigenvalue weighted by Gasteiger charge is -2.21. The summed E-state index contributed by atoms with van der Waals surface area (Å²) in [7, 11) is 1.64. The maximum Gasteiger partial charge on any atom is 0.213 e. The fourth-order valence-corrected chi connectivity index (χ4v) is 1.79. The Kier molecular flexibility index (Phi) is 6.58. The Balaban J connectivity index is 2.57. The van der Waals surface area contributed by atoms with Crippen molar-refractivity contribution in [2.45, 2.75) is 26.3 Å². The monoisotopic (exact) mass is 237 g/mol. The van der Waals surface area contributed by atoms with Crippen LogP contribution in [0.25, 0.3) is 0 Å². The van der Waals surface area contributed by atoms with Crippen molar-refractivity contribution < 1.29 is 4.74 Å². The molecule has 0 amide bonds. The molecule has 2 N–H and O–H groups in total. The average Bonchev–Trinajstić information content (AvgIpc) is 2.36. The molecule has 4 nitrogen and oxygen atoms in total. The highest BCUT2D eigenvalue weighted by Gasteiger charge is 2.06. The Labute approximate surface area is 104 Å². The Bertz CT molecular complexity index is 317. The number of rotatable bonds is 8. The summed E-state index contributed by atoms with van der Waals surface area (Å²) in [6.45, 7) is 5.91. The van der Waals surface area contributed by atoms with E-state index in [0.29, 0.717) is 5.88 Å². The van der Waals surface area contributed by atoms with Crippen molar-refractivity contribution in [3.63, 3.8) is 0 Å². The third-order valence-corrected chi connectivity index (χ3v) is 2.59. The number of hydrogen-bond donors (Lipinski definition) is 1. The molecule has 0 aliphatic heterocycles. The van der Waals surface area contributed by atoms with Crippen molar-refractivity contribution in [3.8, 4) is 5.88 Å². The topological polar surface area (TPSA) is 51.4 Å². The summed E-state index contributed by atoms with van der Waals surface area (Å²) in [6.07, 6.45) is 2.18. The van der Waals surface area contributed by atoms with Gasteiger partial charge in [0.1, 0.15) is 0 Å². The molecule has 0 saturated heterocycles. The second kappa shape index (κ2) is 8.03. The van der Waals surface area contributed by atoms with Crippen molar-refractivity contribution in [1.82, 2.24) is 9.88 Å². The molecule has 0 fully saturated rings. The minimum absolute atomic E-state index is 0.678. The van der Waals surface area contributed by atoms with Gasteiger partial charge in [0.2, 0.25) is 5.88 Å². The number of methoxy groups -OCH3 is 1. The zero-order chi connectivity index (χ0) is 12.5. The van der Waals surface area contributed by atoms with Gasteiger partial charge in [0, 0.05) is 12.6 Å². The van der Waals surface area contributed by atoms with Crippen LogP contribution < -0.4 is 10.5 Å². The molecule has 0 radical (unpaired) electrons. The first kappa shape index (κ1) is 13.9. The van der Waals surface area contributed by atoms with Gasteiger partial charge in [0.25, 0.3) is 0 Å². The highest BCUT2D eigenvalue weighted by molar-refractivity contribution is 5.15. The number of hydrogen-bond acceptors (Lipinski definition) is 4. The fourth-order valence-electron chi connectivity index (χ4n) is 1.79. The van der Waals surface area contributed by atoms with Gasteiger partial charge in [0.05, 0.1) is 12.8 Å². The SMILES string of the molecule is CCCN(CCCN)Cc1cccc(OC)n1. The van der Waals surface area contributed by atoms with Crippen LogP contribution in [0.5, 0.6) is 5.88 Å². The van der Waals surface area contributed by atoms with Crippen LogP contribution in [0.2, 0.25) is 0 Å². The summed E-state index contributed by atoms with van der Waals surface area (Å²) < 4.78 is 5.13. The summed E-state index contributed by atoms with van der Waals surface area (Å²) >= 11 is 0. The highest BCUT2D eigenvalue weighted by Crippen LogP contribution is 2.09. The molecule has 17 heavy (non-hydrogen) atoms. The third kappa shape index (κ3) is 5.15. The van der Waals surface area contributed by atoms with Crippen LogP contribution in [0, 0.1) is 0 Å². The first-order chi connectivity index (χ1) is 8.30. The average molecular weight is 237 g/mol. The first-order valence-corrected chi connectivity index (χ1v) is 6.22. The Morgan fingerprint density at radius 2 is 2.18 bits per heavy atom. The number of ether oxygens (including phenoxy) is 1. The van der Waals surface area contributed by atoms with Crippen LogP contribution in [0.3, 0.4) is 0 Å². The summed E-state index contributed by atoms with van der Waals surface area (Å²) in [6, 6.07) is 5.88. The Morgan fingerprint density at radius 1 is 1.35 bits per heavy atom. The predicted octanol–water partition coefficient (Wildman–Crippen LogP) is 1.65. The number of nitrogens with zero attached hydrogens (tertiary/aromatic N) is 2. The van der Waals surface area contributed by atoms with Gasteiger partial charge in [-0.15, -0.1) is 0 Å². The lowest BCUT2D eigenvalue weighted by atomic mass is 10.3. The number of aromatic nitrogens is 1. The molecular formula is C13H23N3O. The molecule has 96 valence electrons. The zero-order valence-electron chi connectivity index (χ0n) is 10.9. The lowest BCUT2D eigenvalue weighted by molar-refractivity contribution is 0.260. The van der Waals surface area contributed by atoms with E-state index >= 15 is 0 Å². The van der Waals surface area contributed by atoms with Crippen LogP contribution in [-0.4, -0.2) is 36.6 Å². The first-order valence-electron chi connectivity index (χ1n) is 6.22. The quantitative estimate of drug-likeness (QED) is 0.747. The van der Waals surface area contributed by atoms with Crippen molar-refractivity contribution >= 4 is 0 Å². The zero-order valence-corrected chi connectivity index (χ0v) is 10.9. The molecule has 0 aliphatic carbocycles. The van der Waals surface area contributed by atoms with Crippen LogP contribution in [0.1, 0.15) is 25.5 Å². The smallest absolute Gasteiger partial charge is 0.213 e. The molecule has 1 aromatic rings. The Hall–Kier alpha value is -1.13. The van der Waals surface area contributed by atoms with Crippen LogP contribution in [0.4, 0.5) is 0 Å². The van der Waals surface area contributed by atoms with Crippen molar-refractivity contribution in [1.29, 1.82) is 0 Å². The molecule has 0 spiro atoms. The maximum atomic E-state index is 5.55. The van der Waals surface area contributed by atoms with Crippen molar-refractivity contribution in [2.75, 3.05) is 26.7 Å². The number of pyridine rings is 1. The van der Waals surface area contributed by atoms with Crippen LogP contribution >= 0.6 is 0 Å². The van der Waals surface area contributed by atoms with E-state index in [0.717, 1.165) is 44.7 Å². The standard InChI is InChI=1S/C13H23N3O/c1-3-9-16(10-5-8-14)11-12-6-4-7-13(15-12)17-2/h4,6-7H,3,5,8-11,14H2,1-2H3. The molecule has 4 heteroatoms. The summed E-state index contributed by atoms with van der Waals surface area (Å²) in [5.41, 5.74) is 6.60. The summed E-state index contributed by atoms with van der Waals surface area (Å²) in [5, 5.41) is 0. The molecule has 0 atom stereocenters. The molecule has 1 aromatic heterocycles. The van der Waals surface area contributed by atoms with Crippen LogP contribution in [-0.2, 0) is 6.54 Å². The van der Waals surface area contributed by atoms with E-state index in [-0.39, 0.29) is 0 Å². The molecule has 1 heterocycles. The second-order valence-electron chi connectivity index (χ2n) is 4.09. The summed E-state index contributed by atoms with van der Waals surface area (Å²) in [4.78, 5) is 6.81. The highest BCUT2D eigenvalue weighted by atomic mass is 16.5. The van der Waals surface area contributed by atoms with Gasteiger partial charge in [-0.25, -0.2) is 4.98 Å². The molecule has 1 rings (SSSR count). The molecule has 0 aliphatic rings. The second-order valence-corrected chi connectivity index (χ2v) is 4.09. The number of nitrogens with two attached hydrogens (primary N) is 1. The van der Waals surface area contributed by atoms with Gasteiger partial charge < -0.3 is 10.5 Å². The van der Waals surface area contributed by atoms with Gasteiger partial charge in [-0.05, 0) is 38.5 Å². The van der Waals surface area contributed by atoms with E-state index in [1.54, 1.807) is 7.11 Å². The van der Waals surface area contributed by atoms with Gasteiger partial charge in [-0.3, -0.25) is 4.90 Å². The normalized spacial score (nSPS) is 10.8. The van der Waals surface area contributed by atoms with Gasteiger partial charge in [0.15, 0.2) is 0 Å². The van der Waals surface area contributed by atoms with E-state index in [1.807, 2.05) is 18.2 Å². The molecule has 0 aromatic carbocycles. The van der Waals surface area contributed by atoms with E-state index in [1.165, 1.54) is 0 Å². The molecule has 0 saturated carbocycles. The van der Waals surface area contributed by atoms with Crippen LogP contribution in [0.15, 0.2) is 18.2 Å². The third-order valence-electron chi connectivity index (χ3n) is 2.59. The fraction of sp³-hybridized carbons (Fsp3) is 0.615. The van der Waals surface area contributed by atoms with Crippen molar-refractivity contribution in [3.05, 3.63) is 23.9 Å². The van der Waals surface area contributed by atoms with Crippen molar-refractivity contribution in [2.24, 2.45) is 5.73 Å². The molecule has 0 bridgehead atoms. The lowest BCUT2D eigenvalue weighted by Crippen LogP contribution is -2.27. The molecule has 0 unspecified atom stereocenters. The maximum absolute atomic E-state index is 5.55. The minimum Gasteiger partial charge on any atom is -0.481 e. The summed E-state index contributed by atoms with van der Waals surface area (Å²) in [5.74, 6) is 0.678. The molecular weight excluding hydrogens is 214 g/mol. The van der Waals surface area contributed by atoms with Gasteiger partial charge in [-0.1, -0.05) is 13.0 Å². The Morgan fingerprint density at radius 3 is 2.82 bits per heavy atom. The largest absolute Gasteiger partial charge is 0.481 e. The van der Waals surface area contributed by atoms with E-state index < -0.39 is 0 Å². The van der Waals surface area contributed by atoms with Gasteiger partial charge >= 0.3 is 0 Å². The van der Waals surface area contributed by atoms with E-state index in [9.17, 15) is 0 Å².